The largest absolute Gasteiger partial charge is 0.396 e. The fourth-order valence-electron chi connectivity index (χ4n) is 2.13. The molecule has 0 radical (unpaired) electrons. The summed E-state index contributed by atoms with van der Waals surface area (Å²) < 4.78 is 1.36. The molecule has 0 aromatic carbocycles. The fraction of sp³-hybridized carbons (Fsp3) is 0.714. The molecule has 21 heavy (non-hydrogen) atoms. The number of rotatable bonds is 7. The summed E-state index contributed by atoms with van der Waals surface area (Å²) in [6.07, 6.45) is 1.18. The van der Waals surface area contributed by atoms with E-state index in [1.165, 1.54) is 4.57 Å². The first kappa shape index (κ1) is 17.3. The van der Waals surface area contributed by atoms with Gasteiger partial charge in [0.05, 0.1) is 0 Å². The molecule has 1 heterocycles. The van der Waals surface area contributed by atoms with Gasteiger partial charge in [0.1, 0.15) is 11.5 Å². The Morgan fingerprint density at radius 2 is 2.05 bits per heavy atom. The van der Waals surface area contributed by atoms with E-state index in [-0.39, 0.29) is 24.0 Å². The van der Waals surface area contributed by atoms with Gasteiger partial charge in [0.15, 0.2) is 0 Å². The predicted molar refractivity (Wildman–Crippen MR) is 84.6 cm³/mol. The van der Waals surface area contributed by atoms with Gasteiger partial charge in [0, 0.05) is 18.7 Å². The lowest BCUT2D eigenvalue weighted by Gasteiger charge is -2.30. The topological polar surface area (TPSA) is 113 Å². The minimum absolute atomic E-state index is 0.000777. The number of hydrogen-bond acceptors (Lipinski definition) is 5. The second-order valence-electron chi connectivity index (χ2n) is 6.04. The predicted octanol–water partition coefficient (Wildman–Crippen LogP) is 0.738. The van der Waals surface area contributed by atoms with E-state index in [1.807, 2.05) is 27.7 Å². The number of H-pyrrole nitrogens is 1. The first-order valence-electron chi connectivity index (χ1n) is 7.25. The Morgan fingerprint density at radius 1 is 1.43 bits per heavy atom. The number of aliphatic hydroxyl groups excluding tert-OH is 1. The van der Waals surface area contributed by atoms with Crippen LogP contribution in [-0.4, -0.2) is 26.8 Å². The molecule has 7 nitrogen and oxygen atoms in total. The summed E-state index contributed by atoms with van der Waals surface area (Å²) in [5.41, 5.74) is 4.70. The van der Waals surface area contributed by atoms with Crippen molar-refractivity contribution in [3.05, 3.63) is 20.8 Å². The molecule has 0 saturated carbocycles. The number of hydrogen-bond donors (Lipinski definition) is 4. The van der Waals surface area contributed by atoms with Gasteiger partial charge in [-0.2, -0.15) is 0 Å². The van der Waals surface area contributed by atoms with Crippen LogP contribution in [0.2, 0.25) is 0 Å². The van der Waals surface area contributed by atoms with Crippen molar-refractivity contribution >= 4 is 11.5 Å². The monoisotopic (exact) mass is 298 g/mol. The van der Waals surface area contributed by atoms with Crippen LogP contribution in [0.15, 0.2) is 9.59 Å². The van der Waals surface area contributed by atoms with E-state index >= 15 is 0 Å². The zero-order valence-corrected chi connectivity index (χ0v) is 13.2. The third kappa shape index (κ3) is 4.10. The quantitative estimate of drug-likeness (QED) is 0.593. The van der Waals surface area contributed by atoms with Crippen LogP contribution in [0.3, 0.4) is 0 Å². The highest BCUT2D eigenvalue weighted by molar-refractivity contribution is 5.61. The average Bonchev–Trinajstić information content (AvgIpc) is 2.40. The molecule has 0 amide bonds. The molecule has 1 aromatic rings. The Hall–Kier alpha value is -1.76. The van der Waals surface area contributed by atoms with Crippen molar-refractivity contribution in [3.8, 4) is 0 Å². The summed E-state index contributed by atoms with van der Waals surface area (Å²) in [6.45, 7) is 8.22. The van der Waals surface area contributed by atoms with Gasteiger partial charge in [-0.25, -0.2) is 4.79 Å². The first-order chi connectivity index (χ1) is 9.74. The number of aliphatic hydroxyl groups is 1. The summed E-state index contributed by atoms with van der Waals surface area (Å²) in [4.78, 5) is 26.2. The molecule has 1 rings (SSSR count). The second-order valence-corrected chi connectivity index (χ2v) is 6.04. The van der Waals surface area contributed by atoms with Crippen LogP contribution >= 0.6 is 0 Å². The fourth-order valence-corrected chi connectivity index (χ4v) is 2.13. The van der Waals surface area contributed by atoms with Gasteiger partial charge in [-0.15, -0.1) is 0 Å². The van der Waals surface area contributed by atoms with Crippen molar-refractivity contribution in [2.24, 2.45) is 5.92 Å². The van der Waals surface area contributed by atoms with Crippen LogP contribution in [0.25, 0.3) is 0 Å². The molecule has 0 aliphatic carbocycles. The number of nitrogen functional groups attached to an aromatic ring is 1. The molecule has 1 unspecified atom stereocenters. The summed E-state index contributed by atoms with van der Waals surface area (Å²) in [5, 5.41) is 12.2. The third-order valence-electron chi connectivity index (χ3n) is 3.66. The van der Waals surface area contributed by atoms with Crippen LogP contribution < -0.4 is 22.3 Å². The maximum absolute atomic E-state index is 12.0. The van der Waals surface area contributed by atoms with Crippen LogP contribution in [0, 0.1) is 5.92 Å². The van der Waals surface area contributed by atoms with Gasteiger partial charge >= 0.3 is 5.69 Å². The minimum atomic E-state index is -0.532. The molecule has 0 spiro atoms. The highest BCUT2D eigenvalue weighted by Gasteiger charge is 2.24. The molecule has 0 fully saturated rings. The highest BCUT2D eigenvalue weighted by Crippen LogP contribution is 2.22. The van der Waals surface area contributed by atoms with E-state index in [1.54, 1.807) is 0 Å². The molecule has 7 heteroatoms. The van der Waals surface area contributed by atoms with E-state index in [4.69, 9.17) is 10.8 Å². The molecule has 0 aliphatic heterocycles. The Labute approximate surface area is 124 Å². The van der Waals surface area contributed by atoms with Gasteiger partial charge < -0.3 is 16.2 Å². The van der Waals surface area contributed by atoms with Gasteiger partial charge in [-0.3, -0.25) is 14.3 Å². The Bertz CT molecular complexity index is 591. The molecule has 0 saturated heterocycles. The van der Waals surface area contributed by atoms with Crippen molar-refractivity contribution in [1.82, 2.24) is 9.55 Å². The van der Waals surface area contributed by atoms with Crippen molar-refractivity contribution in [1.29, 1.82) is 0 Å². The Morgan fingerprint density at radius 3 is 2.52 bits per heavy atom. The normalized spacial score (nSPS) is 14.2. The zero-order valence-electron chi connectivity index (χ0n) is 13.2. The Balaban J connectivity index is 3.30. The maximum atomic E-state index is 12.0. The van der Waals surface area contributed by atoms with Crippen molar-refractivity contribution < 1.29 is 5.11 Å². The summed E-state index contributed by atoms with van der Waals surface area (Å²) in [7, 11) is 0. The van der Waals surface area contributed by atoms with E-state index in [0.717, 1.165) is 0 Å². The Kier molecular flexibility index (Phi) is 5.60. The second kappa shape index (κ2) is 6.80. The number of aromatic nitrogens is 2. The minimum Gasteiger partial charge on any atom is -0.396 e. The number of aromatic amines is 1. The summed E-state index contributed by atoms with van der Waals surface area (Å²) in [5.74, 6) is 0.355. The van der Waals surface area contributed by atoms with E-state index in [2.05, 4.69) is 10.3 Å². The van der Waals surface area contributed by atoms with Gasteiger partial charge in [-0.05, 0) is 25.7 Å². The van der Waals surface area contributed by atoms with Crippen molar-refractivity contribution in [2.75, 3.05) is 17.7 Å². The molecule has 0 aliphatic rings. The summed E-state index contributed by atoms with van der Waals surface area (Å²) >= 11 is 0. The SMILES string of the molecule is CCC(C)(CCO)Nc1c(N)n(CC(C)C)c(=O)[nH]c1=O. The van der Waals surface area contributed by atoms with Gasteiger partial charge in [-0.1, -0.05) is 20.8 Å². The maximum Gasteiger partial charge on any atom is 0.330 e. The van der Waals surface area contributed by atoms with Crippen molar-refractivity contribution in [2.45, 2.75) is 52.6 Å². The van der Waals surface area contributed by atoms with Crippen LogP contribution in [0.4, 0.5) is 11.5 Å². The highest BCUT2D eigenvalue weighted by atomic mass is 16.3. The number of nitrogens with zero attached hydrogens (tertiary/aromatic N) is 1. The number of nitrogens with two attached hydrogens (primary N) is 1. The van der Waals surface area contributed by atoms with Gasteiger partial charge in [0.25, 0.3) is 5.56 Å². The van der Waals surface area contributed by atoms with E-state index < -0.39 is 16.8 Å². The molecular weight excluding hydrogens is 272 g/mol. The van der Waals surface area contributed by atoms with Crippen molar-refractivity contribution in [3.63, 3.8) is 0 Å². The molecule has 1 atom stereocenters. The lowest BCUT2D eigenvalue weighted by Crippen LogP contribution is -2.41. The smallest absolute Gasteiger partial charge is 0.330 e. The van der Waals surface area contributed by atoms with Crippen LogP contribution in [0.1, 0.15) is 40.5 Å². The lowest BCUT2D eigenvalue weighted by molar-refractivity contribution is 0.252. The van der Waals surface area contributed by atoms with Crippen LogP contribution in [0.5, 0.6) is 0 Å². The number of anilines is 2. The zero-order chi connectivity index (χ0) is 16.2. The molecule has 5 N–H and O–H groups in total. The standard InChI is InChI=1S/C14H26N4O3/c1-5-14(4,6-7-19)17-10-11(15)18(8-9(2)3)13(21)16-12(10)20/h9,17,19H,5-8,15H2,1-4H3,(H,16,20,21). The lowest BCUT2D eigenvalue weighted by atomic mass is 9.94. The number of nitrogens with one attached hydrogen (secondary N) is 2. The van der Waals surface area contributed by atoms with Gasteiger partial charge in [0.2, 0.25) is 0 Å². The first-order valence-corrected chi connectivity index (χ1v) is 7.25. The molecule has 120 valence electrons. The van der Waals surface area contributed by atoms with E-state index in [0.29, 0.717) is 19.4 Å². The molecule has 0 bridgehead atoms. The average molecular weight is 298 g/mol. The van der Waals surface area contributed by atoms with E-state index in [9.17, 15) is 9.59 Å². The molecular formula is C14H26N4O3. The molecule has 1 aromatic heterocycles. The summed E-state index contributed by atoms with van der Waals surface area (Å²) in [6, 6.07) is 0. The third-order valence-corrected chi connectivity index (χ3v) is 3.66. The van der Waals surface area contributed by atoms with Crippen LogP contribution in [-0.2, 0) is 6.54 Å².